The van der Waals surface area contributed by atoms with Gasteiger partial charge in [0.25, 0.3) is 0 Å². The van der Waals surface area contributed by atoms with E-state index in [2.05, 4.69) is 27.7 Å². The average molecular weight is 224 g/mol. The lowest BCUT2D eigenvalue weighted by Gasteiger charge is -2.09. The summed E-state index contributed by atoms with van der Waals surface area (Å²) in [7, 11) is 0. The van der Waals surface area contributed by atoms with Gasteiger partial charge >= 0.3 is 0 Å². The summed E-state index contributed by atoms with van der Waals surface area (Å²) >= 11 is 0. The summed E-state index contributed by atoms with van der Waals surface area (Å²) in [5, 5.41) is 0. The maximum atomic E-state index is 2.47. The Morgan fingerprint density at radius 3 is 2.38 bits per heavy atom. The highest BCUT2D eigenvalue weighted by molar-refractivity contribution is 4.89. The predicted molar refractivity (Wildman–Crippen MR) is 73.6 cm³/mol. The third kappa shape index (κ3) is 5.37. The van der Waals surface area contributed by atoms with Crippen molar-refractivity contribution >= 4 is 0 Å². The van der Waals surface area contributed by atoms with Crippen LogP contribution in [0.1, 0.15) is 79.1 Å². The fourth-order valence-corrected chi connectivity index (χ4v) is 3.11. The van der Waals surface area contributed by atoms with E-state index in [1.807, 2.05) is 0 Å². The lowest BCUT2D eigenvalue weighted by atomic mass is 9.97. The third-order valence-electron chi connectivity index (χ3n) is 4.31. The van der Waals surface area contributed by atoms with E-state index in [0.717, 1.165) is 23.7 Å². The van der Waals surface area contributed by atoms with Gasteiger partial charge < -0.3 is 0 Å². The first-order valence-corrected chi connectivity index (χ1v) is 7.65. The third-order valence-corrected chi connectivity index (χ3v) is 4.31. The number of hydrogen-bond acceptors (Lipinski definition) is 0. The van der Waals surface area contributed by atoms with Crippen LogP contribution in [0.2, 0.25) is 0 Å². The van der Waals surface area contributed by atoms with Gasteiger partial charge in [0, 0.05) is 0 Å². The Kier molecular flexibility index (Phi) is 6.46. The van der Waals surface area contributed by atoms with Crippen LogP contribution in [-0.2, 0) is 0 Å². The van der Waals surface area contributed by atoms with Gasteiger partial charge in [-0.15, -0.1) is 0 Å². The molecule has 0 heterocycles. The van der Waals surface area contributed by atoms with Gasteiger partial charge in [-0.25, -0.2) is 0 Å². The van der Waals surface area contributed by atoms with Gasteiger partial charge in [0.2, 0.25) is 0 Å². The molecular weight excluding hydrogens is 192 g/mol. The molecule has 0 aliphatic heterocycles. The van der Waals surface area contributed by atoms with Crippen LogP contribution >= 0.6 is 0 Å². The number of hydrogen-bond donors (Lipinski definition) is 0. The van der Waals surface area contributed by atoms with Crippen LogP contribution in [-0.4, -0.2) is 0 Å². The molecule has 3 unspecified atom stereocenters. The minimum Gasteiger partial charge on any atom is -0.0654 e. The van der Waals surface area contributed by atoms with Gasteiger partial charge in [0.05, 0.1) is 0 Å². The van der Waals surface area contributed by atoms with Crippen LogP contribution in [0, 0.1) is 23.7 Å². The molecule has 3 atom stereocenters. The van der Waals surface area contributed by atoms with Gasteiger partial charge in [-0.2, -0.15) is 0 Å². The maximum Gasteiger partial charge on any atom is -0.0357 e. The first-order chi connectivity index (χ1) is 7.65. The maximum absolute atomic E-state index is 2.47. The van der Waals surface area contributed by atoms with E-state index in [1.165, 1.54) is 44.9 Å². The van der Waals surface area contributed by atoms with Crippen molar-refractivity contribution in [1.82, 2.24) is 0 Å². The summed E-state index contributed by atoms with van der Waals surface area (Å²) in [6.45, 7) is 9.46. The topological polar surface area (TPSA) is 0 Å². The van der Waals surface area contributed by atoms with E-state index in [-0.39, 0.29) is 0 Å². The Bertz CT molecular complexity index is 171. The summed E-state index contributed by atoms with van der Waals surface area (Å²) < 4.78 is 0. The van der Waals surface area contributed by atoms with Crippen LogP contribution in [0.4, 0.5) is 0 Å². The second kappa shape index (κ2) is 7.35. The Balaban J connectivity index is 1.92. The van der Waals surface area contributed by atoms with E-state index >= 15 is 0 Å². The first kappa shape index (κ1) is 14.1. The van der Waals surface area contributed by atoms with Crippen molar-refractivity contribution in [1.29, 1.82) is 0 Å². The molecule has 1 saturated carbocycles. The molecule has 0 N–H and O–H groups in total. The van der Waals surface area contributed by atoms with Crippen molar-refractivity contribution in [2.75, 3.05) is 0 Å². The fourth-order valence-electron chi connectivity index (χ4n) is 3.11. The Morgan fingerprint density at radius 2 is 1.75 bits per heavy atom. The second-order valence-corrected chi connectivity index (χ2v) is 6.46. The molecule has 0 aromatic heterocycles. The molecule has 0 spiro atoms. The van der Waals surface area contributed by atoms with Crippen molar-refractivity contribution in [2.45, 2.75) is 79.1 Å². The molecule has 0 saturated heterocycles. The molecule has 1 fully saturated rings. The zero-order valence-corrected chi connectivity index (χ0v) is 12.0. The average Bonchev–Trinajstić information content (AvgIpc) is 2.97. The van der Waals surface area contributed by atoms with Crippen LogP contribution in [0.15, 0.2) is 0 Å². The first-order valence-electron chi connectivity index (χ1n) is 7.65. The zero-order chi connectivity index (χ0) is 12.0. The molecule has 0 bridgehead atoms. The molecule has 0 nitrogen and oxygen atoms in total. The van der Waals surface area contributed by atoms with Crippen molar-refractivity contribution in [3.63, 3.8) is 0 Å². The fraction of sp³-hybridized carbons (Fsp3) is 1.00. The van der Waals surface area contributed by atoms with Crippen LogP contribution in [0.5, 0.6) is 0 Å². The molecular formula is C16H32. The second-order valence-electron chi connectivity index (χ2n) is 6.46. The Hall–Kier alpha value is 0. The van der Waals surface area contributed by atoms with E-state index in [9.17, 15) is 0 Å². The number of rotatable bonds is 9. The summed E-state index contributed by atoms with van der Waals surface area (Å²) in [6, 6.07) is 0. The smallest absolute Gasteiger partial charge is 0.0357 e. The SMILES string of the molecule is CCCC(C)C1CC1CCCCCC(C)C. The van der Waals surface area contributed by atoms with Gasteiger partial charge in [0.1, 0.15) is 0 Å². The monoisotopic (exact) mass is 224 g/mol. The summed E-state index contributed by atoms with van der Waals surface area (Å²) in [5.74, 6) is 4.12. The van der Waals surface area contributed by atoms with Crippen LogP contribution in [0.3, 0.4) is 0 Å². The molecule has 96 valence electrons. The lowest BCUT2D eigenvalue weighted by Crippen LogP contribution is -1.98. The van der Waals surface area contributed by atoms with Gasteiger partial charge in [-0.05, 0) is 30.1 Å². The van der Waals surface area contributed by atoms with Crippen molar-refractivity contribution in [3.05, 3.63) is 0 Å². The molecule has 16 heavy (non-hydrogen) atoms. The minimum atomic E-state index is 0.901. The highest BCUT2D eigenvalue weighted by Crippen LogP contribution is 2.48. The van der Waals surface area contributed by atoms with Gasteiger partial charge in [0.15, 0.2) is 0 Å². The quantitative estimate of drug-likeness (QED) is 0.443. The molecule has 0 aromatic rings. The van der Waals surface area contributed by atoms with Crippen molar-refractivity contribution in [3.8, 4) is 0 Å². The van der Waals surface area contributed by atoms with Crippen LogP contribution in [0.25, 0.3) is 0 Å². The summed E-state index contributed by atoms with van der Waals surface area (Å²) in [4.78, 5) is 0. The van der Waals surface area contributed by atoms with Gasteiger partial charge in [-0.3, -0.25) is 0 Å². The molecule has 0 heteroatoms. The standard InChI is InChI=1S/C16H32/c1-5-9-14(4)16-12-15(16)11-8-6-7-10-13(2)3/h13-16H,5-12H2,1-4H3. The van der Waals surface area contributed by atoms with Crippen LogP contribution < -0.4 is 0 Å². The summed E-state index contributed by atoms with van der Waals surface area (Å²) in [5.41, 5.74) is 0. The van der Waals surface area contributed by atoms with E-state index in [1.54, 1.807) is 6.42 Å². The molecule has 1 rings (SSSR count). The van der Waals surface area contributed by atoms with E-state index in [4.69, 9.17) is 0 Å². The van der Waals surface area contributed by atoms with Crippen molar-refractivity contribution < 1.29 is 0 Å². The van der Waals surface area contributed by atoms with Crippen molar-refractivity contribution in [2.24, 2.45) is 23.7 Å². The minimum absolute atomic E-state index is 0.901. The highest BCUT2D eigenvalue weighted by Gasteiger charge is 2.39. The molecule has 1 aliphatic carbocycles. The normalized spacial score (nSPS) is 26.1. The molecule has 0 aromatic carbocycles. The molecule has 1 aliphatic rings. The predicted octanol–water partition coefficient (Wildman–Crippen LogP) is 5.67. The van der Waals surface area contributed by atoms with E-state index in [0.29, 0.717) is 0 Å². The zero-order valence-electron chi connectivity index (χ0n) is 12.0. The summed E-state index contributed by atoms with van der Waals surface area (Å²) in [6.07, 6.45) is 11.8. The molecule has 0 radical (unpaired) electrons. The highest BCUT2D eigenvalue weighted by atomic mass is 14.4. The Morgan fingerprint density at radius 1 is 1.00 bits per heavy atom. The Labute approximate surface area is 103 Å². The largest absolute Gasteiger partial charge is 0.0654 e. The van der Waals surface area contributed by atoms with E-state index < -0.39 is 0 Å². The molecule has 0 amide bonds. The number of unbranched alkanes of at least 4 members (excludes halogenated alkanes) is 2. The lowest BCUT2D eigenvalue weighted by molar-refractivity contribution is 0.421. The van der Waals surface area contributed by atoms with Gasteiger partial charge in [-0.1, -0.05) is 72.6 Å².